The number of nitrogens with zero attached hydrogens (tertiary/aromatic N) is 1. The summed E-state index contributed by atoms with van der Waals surface area (Å²) in [7, 11) is -3.63. The molecule has 0 saturated heterocycles. The summed E-state index contributed by atoms with van der Waals surface area (Å²) in [6, 6.07) is 12.3. The SMILES string of the molecule is O=C(Nc1ccc(NS(=O)(=O)C=Cc2ccccc2)cn1)C1CC1. The molecule has 1 saturated carbocycles. The van der Waals surface area contributed by atoms with E-state index in [0.717, 1.165) is 23.8 Å². The fourth-order valence-corrected chi connectivity index (χ4v) is 2.89. The van der Waals surface area contributed by atoms with Gasteiger partial charge in [0.1, 0.15) is 5.82 Å². The van der Waals surface area contributed by atoms with Gasteiger partial charge in [-0.2, -0.15) is 0 Å². The van der Waals surface area contributed by atoms with Crippen molar-refractivity contribution >= 4 is 33.5 Å². The molecule has 1 aliphatic carbocycles. The summed E-state index contributed by atoms with van der Waals surface area (Å²) in [6.07, 6.45) is 4.71. The van der Waals surface area contributed by atoms with Crippen molar-refractivity contribution in [1.29, 1.82) is 0 Å². The number of benzene rings is 1. The number of hydrogen-bond donors (Lipinski definition) is 2. The molecule has 7 heteroatoms. The van der Waals surface area contributed by atoms with Gasteiger partial charge < -0.3 is 5.32 Å². The number of sulfonamides is 1. The molecule has 2 N–H and O–H groups in total. The van der Waals surface area contributed by atoms with Gasteiger partial charge in [-0.3, -0.25) is 9.52 Å². The molecule has 0 atom stereocenters. The Morgan fingerprint density at radius 3 is 2.50 bits per heavy atom. The van der Waals surface area contributed by atoms with E-state index in [1.807, 2.05) is 30.3 Å². The summed E-state index contributed by atoms with van der Waals surface area (Å²) in [5.41, 5.74) is 1.12. The van der Waals surface area contributed by atoms with Gasteiger partial charge in [-0.25, -0.2) is 13.4 Å². The van der Waals surface area contributed by atoms with Gasteiger partial charge in [0, 0.05) is 5.92 Å². The number of nitrogens with one attached hydrogen (secondary N) is 2. The monoisotopic (exact) mass is 343 g/mol. The van der Waals surface area contributed by atoms with Crippen LogP contribution in [0.25, 0.3) is 6.08 Å². The summed E-state index contributed by atoms with van der Waals surface area (Å²) in [4.78, 5) is 15.7. The number of rotatable bonds is 6. The number of carbonyl (C=O) groups is 1. The Kier molecular flexibility index (Phi) is 4.61. The molecule has 6 nitrogen and oxygen atoms in total. The van der Waals surface area contributed by atoms with Crippen molar-refractivity contribution in [2.24, 2.45) is 5.92 Å². The zero-order valence-corrected chi connectivity index (χ0v) is 13.7. The average Bonchev–Trinajstić information content (AvgIpc) is 3.41. The molecule has 0 aliphatic heterocycles. The number of aromatic nitrogens is 1. The van der Waals surface area contributed by atoms with Crippen molar-refractivity contribution in [2.45, 2.75) is 12.8 Å². The molecule has 3 rings (SSSR count). The third-order valence-corrected chi connectivity index (χ3v) is 4.48. The second-order valence-corrected chi connectivity index (χ2v) is 7.12. The summed E-state index contributed by atoms with van der Waals surface area (Å²) < 4.78 is 26.5. The number of pyridine rings is 1. The Bertz CT molecular complexity index is 842. The van der Waals surface area contributed by atoms with E-state index in [1.54, 1.807) is 12.1 Å². The lowest BCUT2D eigenvalue weighted by atomic mass is 10.2. The van der Waals surface area contributed by atoms with Gasteiger partial charge in [0.05, 0.1) is 17.3 Å². The molecule has 24 heavy (non-hydrogen) atoms. The molecule has 0 unspecified atom stereocenters. The van der Waals surface area contributed by atoms with Crippen LogP contribution in [-0.4, -0.2) is 19.3 Å². The van der Waals surface area contributed by atoms with E-state index >= 15 is 0 Å². The highest BCUT2D eigenvalue weighted by atomic mass is 32.2. The molecule has 1 fully saturated rings. The Morgan fingerprint density at radius 2 is 1.88 bits per heavy atom. The van der Waals surface area contributed by atoms with Gasteiger partial charge >= 0.3 is 0 Å². The van der Waals surface area contributed by atoms with Crippen LogP contribution in [0.15, 0.2) is 54.1 Å². The van der Waals surface area contributed by atoms with Gasteiger partial charge in [0.2, 0.25) is 5.91 Å². The number of carbonyl (C=O) groups excluding carboxylic acids is 1. The van der Waals surface area contributed by atoms with Crippen molar-refractivity contribution in [3.05, 3.63) is 59.6 Å². The van der Waals surface area contributed by atoms with Crippen molar-refractivity contribution in [2.75, 3.05) is 10.0 Å². The lowest BCUT2D eigenvalue weighted by Crippen LogP contribution is -2.14. The zero-order chi connectivity index (χ0) is 17.0. The first kappa shape index (κ1) is 16.2. The summed E-state index contributed by atoms with van der Waals surface area (Å²) >= 11 is 0. The second-order valence-electron chi connectivity index (χ2n) is 5.56. The first-order chi connectivity index (χ1) is 11.5. The highest BCUT2D eigenvalue weighted by molar-refractivity contribution is 7.95. The standard InChI is InChI=1S/C17H17N3O3S/c21-17(14-6-7-14)19-16-9-8-15(12-18-16)20-24(22,23)11-10-13-4-2-1-3-5-13/h1-5,8-12,14,20H,6-7H2,(H,18,19,21). The molecule has 2 aromatic rings. The van der Waals surface area contributed by atoms with Crippen LogP contribution in [-0.2, 0) is 14.8 Å². The van der Waals surface area contributed by atoms with Gasteiger partial charge in [-0.05, 0) is 36.6 Å². The minimum Gasteiger partial charge on any atom is -0.310 e. The van der Waals surface area contributed by atoms with Gasteiger partial charge in [0.15, 0.2) is 0 Å². The van der Waals surface area contributed by atoms with Crippen LogP contribution in [0.5, 0.6) is 0 Å². The fourth-order valence-electron chi connectivity index (χ4n) is 2.03. The maximum Gasteiger partial charge on any atom is 0.255 e. The van der Waals surface area contributed by atoms with E-state index in [9.17, 15) is 13.2 Å². The maximum absolute atomic E-state index is 12.0. The molecule has 1 aromatic heterocycles. The summed E-state index contributed by atoms with van der Waals surface area (Å²) in [5, 5.41) is 3.80. The van der Waals surface area contributed by atoms with Crippen molar-refractivity contribution in [1.82, 2.24) is 4.98 Å². The second kappa shape index (κ2) is 6.84. The molecule has 1 heterocycles. The molecule has 1 amide bonds. The van der Waals surface area contributed by atoms with Crippen LogP contribution < -0.4 is 10.0 Å². The van der Waals surface area contributed by atoms with Gasteiger partial charge in [-0.15, -0.1) is 0 Å². The minimum atomic E-state index is -3.63. The van der Waals surface area contributed by atoms with Crippen LogP contribution in [0.1, 0.15) is 18.4 Å². The Balaban J connectivity index is 1.62. The zero-order valence-electron chi connectivity index (χ0n) is 12.8. The number of anilines is 2. The Hall–Kier alpha value is -2.67. The van der Waals surface area contributed by atoms with Gasteiger partial charge in [0.25, 0.3) is 10.0 Å². The van der Waals surface area contributed by atoms with Crippen LogP contribution in [0.2, 0.25) is 0 Å². The highest BCUT2D eigenvalue weighted by Gasteiger charge is 2.29. The van der Waals surface area contributed by atoms with E-state index in [0.29, 0.717) is 11.5 Å². The van der Waals surface area contributed by atoms with Crippen molar-refractivity contribution in [3.63, 3.8) is 0 Å². The molecule has 124 valence electrons. The predicted octanol–water partition coefficient (Wildman–Crippen LogP) is 2.84. The average molecular weight is 343 g/mol. The molecule has 0 spiro atoms. The molecule has 0 bridgehead atoms. The number of hydrogen-bond acceptors (Lipinski definition) is 4. The Morgan fingerprint density at radius 1 is 1.12 bits per heavy atom. The van der Waals surface area contributed by atoms with Crippen LogP contribution in [0.4, 0.5) is 11.5 Å². The van der Waals surface area contributed by atoms with E-state index in [4.69, 9.17) is 0 Å². The topological polar surface area (TPSA) is 88.2 Å². The molecule has 0 radical (unpaired) electrons. The maximum atomic E-state index is 12.0. The summed E-state index contributed by atoms with van der Waals surface area (Å²) in [5.74, 6) is 0.462. The van der Waals surface area contributed by atoms with E-state index in [-0.39, 0.29) is 11.8 Å². The Labute approximate surface area is 140 Å². The lowest BCUT2D eigenvalue weighted by Gasteiger charge is -2.06. The van der Waals surface area contributed by atoms with Crippen LogP contribution >= 0.6 is 0 Å². The molecular formula is C17H17N3O3S. The fraction of sp³-hybridized carbons (Fsp3) is 0.176. The first-order valence-electron chi connectivity index (χ1n) is 7.55. The minimum absolute atomic E-state index is 0.0402. The highest BCUT2D eigenvalue weighted by Crippen LogP contribution is 2.30. The van der Waals surface area contributed by atoms with Crippen molar-refractivity contribution < 1.29 is 13.2 Å². The van der Waals surface area contributed by atoms with Gasteiger partial charge in [-0.1, -0.05) is 30.3 Å². The van der Waals surface area contributed by atoms with E-state index in [2.05, 4.69) is 15.0 Å². The van der Waals surface area contributed by atoms with E-state index < -0.39 is 10.0 Å². The molecular weight excluding hydrogens is 326 g/mol. The number of amides is 1. The smallest absolute Gasteiger partial charge is 0.255 e. The molecule has 1 aromatic carbocycles. The van der Waals surface area contributed by atoms with Crippen LogP contribution in [0.3, 0.4) is 0 Å². The third-order valence-electron chi connectivity index (χ3n) is 3.46. The van der Waals surface area contributed by atoms with E-state index in [1.165, 1.54) is 12.3 Å². The summed E-state index contributed by atoms with van der Waals surface area (Å²) in [6.45, 7) is 0. The van der Waals surface area contributed by atoms with Crippen molar-refractivity contribution in [3.8, 4) is 0 Å². The lowest BCUT2D eigenvalue weighted by molar-refractivity contribution is -0.117. The largest absolute Gasteiger partial charge is 0.310 e. The first-order valence-corrected chi connectivity index (χ1v) is 9.09. The normalized spacial score (nSPS) is 14.5. The third kappa shape index (κ3) is 4.66. The quantitative estimate of drug-likeness (QED) is 0.844. The predicted molar refractivity (Wildman–Crippen MR) is 93.6 cm³/mol. The van der Waals surface area contributed by atoms with Crippen LogP contribution in [0, 0.1) is 5.92 Å². The molecule has 1 aliphatic rings.